The second-order valence-electron chi connectivity index (χ2n) is 2.26. The Morgan fingerprint density at radius 1 is 1.50 bits per heavy atom. The molecule has 0 saturated carbocycles. The molecule has 2 N–H and O–H groups in total. The van der Waals surface area contributed by atoms with Crippen molar-refractivity contribution < 1.29 is 72.7 Å². The summed E-state index contributed by atoms with van der Waals surface area (Å²) in [6.45, 7) is 0. The second kappa shape index (κ2) is 5.42. The quantitative estimate of drug-likeness (QED) is 0.347. The van der Waals surface area contributed by atoms with Gasteiger partial charge in [-0.05, 0) is 6.07 Å². The van der Waals surface area contributed by atoms with E-state index in [0.29, 0.717) is 0 Å². The molecule has 1 rings (SSSR count). The number of non-ortho nitro benzene ring substituents is 1. The summed E-state index contributed by atoms with van der Waals surface area (Å²) in [5.74, 6) is -1.89. The molecule has 1 aromatic rings. The fraction of sp³-hybridized carbons (Fsp3) is 0. The first-order valence-corrected chi connectivity index (χ1v) is 3.23. The van der Waals surface area contributed by atoms with Crippen molar-refractivity contribution in [1.82, 2.24) is 0 Å². The molecular formula is C7H6KNO5. The topological polar surface area (TPSA) is 101 Å². The number of benzene rings is 1. The minimum Gasteiger partial charge on any atom is -1.00 e. The number of rotatable bonds is 2. The Bertz CT molecular complexity index is 384. The van der Waals surface area contributed by atoms with E-state index in [0.717, 1.165) is 18.2 Å². The predicted octanol–water partition coefficient (Wildman–Crippen LogP) is -1.88. The summed E-state index contributed by atoms with van der Waals surface area (Å²) in [5, 5.41) is 27.7. The first-order valence-electron chi connectivity index (χ1n) is 3.23. The van der Waals surface area contributed by atoms with Gasteiger partial charge >= 0.3 is 57.4 Å². The Morgan fingerprint density at radius 2 is 2.07 bits per heavy atom. The molecule has 14 heavy (non-hydrogen) atoms. The number of nitrogens with zero attached hydrogens (tertiary/aromatic N) is 1. The van der Waals surface area contributed by atoms with Crippen molar-refractivity contribution in [3.05, 3.63) is 33.9 Å². The van der Waals surface area contributed by atoms with Gasteiger partial charge in [0.25, 0.3) is 5.69 Å². The van der Waals surface area contributed by atoms with Crippen LogP contribution in [0, 0.1) is 10.1 Å². The zero-order valence-corrected chi connectivity index (χ0v) is 10.4. The van der Waals surface area contributed by atoms with Gasteiger partial charge in [0, 0.05) is 12.1 Å². The Labute approximate surface area is 123 Å². The summed E-state index contributed by atoms with van der Waals surface area (Å²) in [4.78, 5) is 19.9. The number of nitro groups is 1. The van der Waals surface area contributed by atoms with E-state index in [1.54, 1.807) is 0 Å². The molecule has 0 spiro atoms. The molecule has 0 heterocycles. The summed E-state index contributed by atoms with van der Waals surface area (Å²) in [6, 6.07) is 2.81. The van der Waals surface area contributed by atoms with Crippen molar-refractivity contribution in [3.8, 4) is 5.75 Å². The van der Waals surface area contributed by atoms with Gasteiger partial charge in [-0.3, -0.25) is 10.1 Å². The Morgan fingerprint density at radius 3 is 2.50 bits per heavy atom. The van der Waals surface area contributed by atoms with Gasteiger partial charge in [-0.15, -0.1) is 0 Å². The summed E-state index contributed by atoms with van der Waals surface area (Å²) in [6.07, 6.45) is 0. The third-order valence-electron chi connectivity index (χ3n) is 1.42. The van der Waals surface area contributed by atoms with E-state index in [9.17, 15) is 14.9 Å². The molecule has 0 amide bonds. The fourth-order valence-corrected chi connectivity index (χ4v) is 0.809. The monoisotopic (exact) mass is 223 g/mol. The zero-order valence-electron chi connectivity index (χ0n) is 8.30. The van der Waals surface area contributed by atoms with Crippen LogP contribution in [0.2, 0.25) is 0 Å². The number of aromatic hydroxyl groups is 1. The van der Waals surface area contributed by atoms with Gasteiger partial charge in [-0.25, -0.2) is 4.79 Å². The summed E-state index contributed by atoms with van der Waals surface area (Å²) in [5.41, 5.74) is -0.843. The van der Waals surface area contributed by atoms with Crippen LogP contribution in [0.3, 0.4) is 0 Å². The van der Waals surface area contributed by atoms with E-state index in [1.165, 1.54) is 0 Å². The maximum absolute atomic E-state index is 10.4. The van der Waals surface area contributed by atoms with E-state index < -0.39 is 22.2 Å². The van der Waals surface area contributed by atoms with Crippen LogP contribution in [0.5, 0.6) is 5.75 Å². The minimum absolute atomic E-state index is 0. The smallest absolute Gasteiger partial charge is 1.00 e. The summed E-state index contributed by atoms with van der Waals surface area (Å²) in [7, 11) is 0. The van der Waals surface area contributed by atoms with Crippen molar-refractivity contribution in [2.75, 3.05) is 0 Å². The van der Waals surface area contributed by atoms with E-state index in [1.807, 2.05) is 0 Å². The molecule has 0 aliphatic heterocycles. The van der Waals surface area contributed by atoms with Gasteiger partial charge in [0.1, 0.15) is 11.3 Å². The van der Waals surface area contributed by atoms with E-state index in [-0.39, 0.29) is 58.5 Å². The van der Waals surface area contributed by atoms with Crippen molar-refractivity contribution >= 4 is 11.7 Å². The van der Waals surface area contributed by atoms with Gasteiger partial charge in [0.2, 0.25) is 0 Å². The average molecular weight is 223 g/mol. The van der Waals surface area contributed by atoms with Gasteiger partial charge in [-0.1, -0.05) is 0 Å². The van der Waals surface area contributed by atoms with Crippen molar-refractivity contribution in [2.24, 2.45) is 0 Å². The fourth-order valence-electron chi connectivity index (χ4n) is 0.809. The number of hydrogen-bond acceptors (Lipinski definition) is 4. The Balaban J connectivity index is 0. The standard InChI is InChI=1S/C7H5NO5.K.H/c9-6-2-1-4(8(12)13)3-5(6)7(10)11;;/h1-3,9H,(H,10,11);;/q;+1;-1. The molecule has 0 bridgehead atoms. The largest absolute Gasteiger partial charge is 1.00 e. The van der Waals surface area contributed by atoms with Gasteiger partial charge in [0.05, 0.1) is 4.92 Å². The molecule has 70 valence electrons. The number of aromatic carboxylic acids is 1. The predicted molar refractivity (Wildman–Crippen MR) is 42.8 cm³/mol. The average Bonchev–Trinajstić information content (AvgIpc) is 2.04. The number of carboxylic acid groups (broad SMARTS) is 1. The first kappa shape index (κ1) is 13.5. The van der Waals surface area contributed by atoms with Crippen molar-refractivity contribution in [3.63, 3.8) is 0 Å². The van der Waals surface area contributed by atoms with Gasteiger partial charge in [0.15, 0.2) is 0 Å². The third-order valence-corrected chi connectivity index (χ3v) is 1.42. The molecule has 0 radical (unpaired) electrons. The first-order chi connectivity index (χ1) is 6.02. The van der Waals surface area contributed by atoms with Crippen LogP contribution >= 0.6 is 0 Å². The molecule has 0 aromatic heterocycles. The maximum Gasteiger partial charge on any atom is 1.00 e. The van der Waals surface area contributed by atoms with Crippen LogP contribution in [0.4, 0.5) is 5.69 Å². The van der Waals surface area contributed by atoms with Crippen LogP contribution in [0.1, 0.15) is 11.8 Å². The van der Waals surface area contributed by atoms with Crippen LogP contribution in [0.25, 0.3) is 0 Å². The van der Waals surface area contributed by atoms with Crippen molar-refractivity contribution in [1.29, 1.82) is 0 Å². The van der Waals surface area contributed by atoms with Crippen LogP contribution in [-0.4, -0.2) is 21.1 Å². The number of nitro benzene ring substituents is 1. The van der Waals surface area contributed by atoms with Crippen LogP contribution in [-0.2, 0) is 0 Å². The zero-order chi connectivity index (χ0) is 10.0. The number of carboxylic acids is 1. The Hall–Kier alpha value is -0.474. The SMILES string of the molecule is O=C(O)c1cc([N+](=O)[O-])ccc1O.[H-].[K+]. The molecule has 0 saturated heterocycles. The van der Waals surface area contributed by atoms with E-state index >= 15 is 0 Å². The van der Waals surface area contributed by atoms with E-state index in [2.05, 4.69) is 0 Å². The van der Waals surface area contributed by atoms with Gasteiger partial charge < -0.3 is 11.6 Å². The summed E-state index contributed by atoms with van der Waals surface area (Å²) >= 11 is 0. The molecule has 6 nitrogen and oxygen atoms in total. The number of hydrogen-bond donors (Lipinski definition) is 2. The molecule has 1 aromatic carbocycles. The molecule has 7 heteroatoms. The van der Waals surface area contributed by atoms with E-state index in [4.69, 9.17) is 10.2 Å². The molecule has 0 fully saturated rings. The minimum atomic E-state index is -1.40. The number of phenols is 1. The maximum atomic E-state index is 10.4. The Kier molecular flexibility index (Phi) is 5.23. The van der Waals surface area contributed by atoms with Crippen LogP contribution in [0.15, 0.2) is 18.2 Å². The molecule has 0 aliphatic rings. The molecule has 0 aliphatic carbocycles. The van der Waals surface area contributed by atoms with Gasteiger partial charge in [-0.2, -0.15) is 0 Å². The summed E-state index contributed by atoms with van der Waals surface area (Å²) < 4.78 is 0. The van der Waals surface area contributed by atoms with Crippen molar-refractivity contribution in [2.45, 2.75) is 0 Å². The molecular weight excluding hydrogens is 217 g/mol. The molecule has 0 atom stereocenters. The second-order valence-corrected chi connectivity index (χ2v) is 2.26. The number of carbonyl (C=O) groups is 1. The normalized spacial score (nSPS) is 8.86. The van der Waals surface area contributed by atoms with Crippen LogP contribution < -0.4 is 51.4 Å². The third kappa shape index (κ3) is 3.03. The molecule has 0 unspecified atom stereocenters.